The van der Waals surface area contributed by atoms with E-state index in [2.05, 4.69) is 15.9 Å². The Balaban J connectivity index is 2.83. The smallest absolute Gasteiger partial charge is 0.137 e. The number of halogens is 2. The minimum atomic E-state index is -0.694. The molecule has 0 amide bonds. The third-order valence-corrected chi connectivity index (χ3v) is 2.60. The molecule has 3 N–H and O–H groups in total. The van der Waals surface area contributed by atoms with Gasteiger partial charge in [0, 0.05) is 5.54 Å². The lowest BCUT2D eigenvalue weighted by molar-refractivity contribution is 0.208. The van der Waals surface area contributed by atoms with Gasteiger partial charge in [-0.25, -0.2) is 4.39 Å². The summed E-state index contributed by atoms with van der Waals surface area (Å²) in [4.78, 5) is 0. The lowest BCUT2D eigenvalue weighted by Gasteiger charge is -2.21. The molecule has 1 aromatic carbocycles. The first-order valence-corrected chi connectivity index (χ1v) is 5.07. The van der Waals surface area contributed by atoms with Gasteiger partial charge in [0.25, 0.3) is 0 Å². The van der Waals surface area contributed by atoms with Gasteiger partial charge in [-0.15, -0.1) is 0 Å². The fourth-order valence-corrected chi connectivity index (χ4v) is 1.42. The van der Waals surface area contributed by atoms with Crippen LogP contribution in [-0.2, 0) is 6.42 Å². The molecule has 4 heteroatoms. The van der Waals surface area contributed by atoms with Crippen molar-refractivity contribution in [3.63, 3.8) is 0 Å². The largest absolute Gasteiger partial charge is 0.394 e. The molecule has 0 bridgehead atoms. The summed E-state index contributed by atoms with van der Waals surface area (Å²) in [6, 6.07) is 4.84. The van der Waals surface area contributed by atoms with Crippen molar-refractivity contribution >= 4 is 15.9 Å². The van der Waals surface area contributed by atoms with Gasteiger partial charge in [-0.2, -0.15) is 0 Å². The summed E-state index contributed by atoms with van der Waals surface area (Å²) in [5.41, 5.74) is 5.84. The third kappa shape index (κ3) is 3.04. The van der Waals surface area contributed by atoms with E-state index < -0.39 is 5.54 Å². The molecule has 14 heavy (non-hydrogen) atoms. The van der Waals surface area contributed by atoms with Crippen LogP contribution in [0.2, 0.25) is 0 Å². The van der Waals surface area contributed by atoms with Gasteiger partial charge in [0.15, 0.2) is 0 Å². The van der Waals surface area contributed by atoms with Gasteiger partial charge in [0.1, 0.15) is 5.82 Å². The van der Waals surface area contributed by atoms with Crippen LogP contribution in [0, 0.1) is 5.82 Å². The summed E-state index contributed by atoms with van der Waals surface area (Å²) < 4.78 is 13.5. The molecule has 0 saturated heterocycles. The van der Waals surface area contributed by atoms with Gasteiger partial charge >= 0.3 is 0 Å². The number of hydrogen-bond donors (Lipinski definition) is 2. The fraction of sp³-hybridized carbons (Fsp3) is 0.400. The second-order valence-electron chi connectivity index (χ2n) is 3.74. The molecule has 0 aliphatic carbocycles. The highest BCUT2D eigenvalue weighted by atomic mass is 79.9. The third-order valence-electron chi connectivity index (χ3n) is 1.95. The van der Waals surface area contributed by atoms with Crippen LogP contribution >= 0.6 is 15.9 Å². The molecule has 1 unspecified atom stereocenters. The molecule has 0 aliphatic rings. The van der Waals surface area contributed by atoms with E-state index in [0.29, 0.717) is 10.9 Å². The topological polar surface area (TPSA) is 46.2 Å². The van der Waals surface area contributed by atoms with E-state index in [0.717, 1.165) is 5.56 Å². The van der Waals surface area contributed by atoms with Crippen molar-refractivity contribution < 1.29 is 9.50 Å². The zero-order chi connectivity index (χ0) is 10.8. The average Bonchev–Trinajstić information content (AvgIpc) is 2.11. The standard InChI is InChI=1S/C10H13BrFNO/c1-10(13,6-14)5-7-2-3-8(11)9(12)4-7/h2-4,14H,5-6,13H2,1H3. The van der Waals surface area contributed by atoms with E-state index in [9.17, 15) is 4.39 Å². The van der Waals surface area contributed by atoms with E-state index in [4.69, 9.17) is 10.8 Å². The zero-order valence-corrected chi connectivity index (χ0v) is 9.51. The Labute approximate surface area is 91.1 Å². The monoisotopic (exact) mass is 261 g/mol. The molecule has 0 aromatic heterocycles. The maximum atomic E-state index is 13.1. The summed E-state index contributed by atoms with van der Waals surface area (Å²) in [5, 5.41) is 8.95. The number of rotatable bonds is 3. The molecule has 0 heterocycles. The van der Waals surface area contributed by atoms with Crippen LogP contribution in [0.15, 0.2) is 22.7 Å². The van der Waals surface area contributed by atoms with Crippen LogP contribution in [0.25, 0.3) is 0 Å². The number of nitrogens with two attached hydrogens (primary N) is 1. The fourth-order valence-electron chi connectivity index (χ4n) is 1.17. The minimum Gasteiger partial charge on any atom is -0.394 e. The quantitative estimate of drug-likeness (QED) is 0.873. The molecule has 0 spiro atoms. The summed E-state index contributed by atoms with van der Waals surface area (Å²) in [5.74, 6) is -0.309. The molecule has 1 aromatic rings. The molecule has 0 aliphatic heterocycles. The van der Waals surface area contributed by atoms with Crippen LogP contribution < -0.4 is 5.73 Å². The summed E-state index contributed by atoms with van der Waals surface area (Å²) in [6.07, 6.45) is 0.452. The summed E-state index contributed by atoms with van der Waals surface area (Å²) in [7, 11) is 0. The molecular formula is C10H13BrFNO. The average molecular weight is 262 g/mol. The van der Waals surface area contributed by atoms with Crippen LogP contribution in [0.4, 0.5) is 4.39 Å². The highest BCUT2D eigenvalue weighted by Crippen LogP contribution is 2.18. The Morgan fingerprint density at radius 1 is 1.57 bits per heavy atom. The molecule has 0 fully saturated rings. The van der Waals surface area contributed by atoms with Gasteiger partial charge in [0.05, 0.1) is 11.1 Å². The zero-order valence-electron chi connectivity index (χ0n) is 7.93. The highest BCUT2D eigenvalue weighted by Gasteiger charge is 2.18. The molecule has 1 rings (SSSR count). The predicted molar refractivity (Wildman–Crippen MR) is 57.5 cm³/mol. The molecule has 2 nitrogen and oxygen atoms in total. The summed E-state index contributed by atoms with van der Waals surface area (Å²) >= 11 is 3.07. The highest BCUT2D eigenvalue weighted by molar-refractivity contribution is 9.10. The first kappa shape index (κ1) is 11.6. The van der Waals surface area contributed by atoms with Gasteiger partial charge in [-0.1, -0.05) is 6.07 Å². The minimum absolute atomic E-state index is 0.120. The van der Waals surface area contributed by atoms with E-state index in [1.807, 2.05) is 0 Å². The Morgan fingerprint density at radius 2 is 2.21 bits per heavy atom. The van der Waals surface area contributed by atoms with E-state index in [1.54, 1.807) is 19.1 Å². The number of hydrogen-bond acceptors (Lipinski definition) is 2. The normalized spacial score (nSPS) is 15.2. The second kappa shape index (κ2) is 4.38. The summed E-state index contributed by atoms with van der Waals surface area (Å²) in [6.45, 7) is 1.61. The van der Waals surface area contributed by atoms with Crippen LogP contribution in [0.1, 0.15) is 12.5 Å². The number of benzene rings is 1. The van der Waals surface area contributed by atoms with Crippen molar-refractivity contribution in [2.24, 2.45) is 5.73 Å². The lowest BCUT2D eigenvalue weighted by atomic mass is 9.95. The maximum absolute atomic E-state index is 13.1. The van der Waals surface area contributed by atoms with E-state index >= 15 is 0 Å². The van der Waals surface area contributed by atoms with Gasteiger partial charge < -0.3 is 10.8 Å². The van der Waals surface area contributed by atoms with Crippen molar-refractivity contribution in [1.82, 2.24) is 0 Å². The van der Waals surface area contributed by atoms with E-state index in [1.165, 1.54) is 6.07 Å². The number of aliphatic hydroxyl groups excluding tert-OH is 1. The molecule has 0 saturated carbocycles. The Morgan fingerprint density at radius 3 is 2.71 bits per heavy atom. The maximum Gasteiger partial charge on any atom is 0.137 e. The SMILES string of the molecule is CC(N)(CO)Cc1ccc(Br)c(F)c1. The van der Waals surface area contributed by atoms with Gasteiger partial charge in [-0.05, 0) is 47.0 Å². The van der Waals surface area contributed by atoms with Gasteiger partial charge in [0.2, 0.25) is 0 Å². The van der Waals surface area contributed by atoms with Gasteiger partial charge in [-0.3, -0.25) is 0 Å². The van der Waals surface area contributed by atoms with Crippen LogP contribution in [0.3, 0.4) is 0 Å². The van der Waals surface area contributed by atoms with E-state index in [-0.39, 0.29) is 12.4 Å². The van der Waals surface area contributed by atoms with Crippen molar-refractivity contribution in [2.75, 3.05) is 6.61 Å². The van der Waals surface area contributed by atoms with Crippen molar-refractivity contribution in [3.05, 3.63) is 34.1 Å². The molecule has 0 radical (unpaired) electrons. The number of aliphatic hydroxyl groups is 1. The molecular weight excluding hydrogens is 249 g/mol. The Hall–Kier alpha value is -0.450. The van der Waals surface area contributed by atoms with Crippen LogP contribution in [0.5, 0.6) is 0 Å². The van der Waals surface area contributed by atoms with Crippen molar-refractivity contribution in [2.45, 2.75) is 18.9 Å². The van der Waals surface area contributed by atoms with Crippen molar-refractivity contribution in [1.29, 1.82) is 0 Å². The first-order valence-electron chi connectivity index (χ1n) is 4.28. The van der Waals surface area contributed by atoms with Crippen molar-refractivity contribution in [3.8, 4) is 0 Å². The lowest BCUT2D eigenvalue weighted by Crippen LogP contribution is -2.42. The molecule has 1 atom stereocenters. The predicted octanol–water partition coefficient (Wildman–Crippen LogP) is 1.84. The second-order valence-corrected chi connectivity index (χ2v) is 4.59. The first-order chi connectivity index (χ1) is 6.44. The molecule has 78 valence electrons. The van der Waals surface area contributed by atoms with Crippen LogP contribution in [-0.4, -0.2) is 17.3 Å². The Kier molecular flexibility index (Phi) is 3.64. The Bertz CT molecular complexity index is 328.